The quantitative estimate of drug-likeness (QED) is 0.857. The van der Waals surface area contributed by atoms with Crippen LogP contribution in [0.2, 0.25) is 4.34 Å². The van der Waals surface area contributed by atoms with Crippen molar-refractivity contribution >= 4 is 28.6 Å². The van der Waals surface area contributed by atoms with Crippen LogP contribution in [-0.2, 0) is 13.0 Å². The summed E-state index contributed by atoms with van der Waals surface area (Å²) in [4.78, 5) is 3.64. The molecule has 0 radical (unpaired) electrons. The van der Waals surface area contributed by atoms with Crippen molar-refractivity contribution in [3.63, 3.8) is 0 Å². The number of fused-ring (bicyclic) bond motifs is 1. The molecule has 4 heteroatoms. The molecular formula is C17H21ClN2S. The lowest BCUT2D eigenvalue weighted by Gasteiger charge is -2.24. The van der Waals surface area contributed by atoms with Crippen LogP contribution in [-0.4, -0.2) is 19.0 Å². The zero-order valence-corrected chi connectivity index (χ0v) is 14.1. The highest BCUT2D eigenvalue weighted by Gasteiger charge is 2.22. The van der Waals surface area contributed by atoms with E-state index in [1.807, 2.05) is 0 Å². The van der Waals surface area contributed by atoms with Crippen molar-refractivity contribution in [2.24, 2.45) is 0 Å². The molecule has 1 aromatic carbocycles. The summed E-state index contributed by atoms with van der Waals surface area (Å²) in [7, 11) is 4.19. The van der Waals surface area contributed by atoms with Crippen LogP contribution in [0.25, 0.3) is 0 Å². The summed E-state index contributed by atoms with van der Waals surface area (Å²) in [6.45, 7) is 0.980. The third kappa shape index (κ3) is 3.60. The van der Waals surface area contributed by atoms with Crippen molar-refractivity contribution in [2.45, 2.75) is 31.8 Å². The van der Waals surface area contributed by atoms with Gasteiger partial charge in [0, 0.05) is 17.1 Å². The van der Waals surface area contributed by atoms with Gasteiger partial charge in [-0.2, -0.15) is 0 Å². The molecule has 0 aliphatic heterocycles. The van der Waals surface area contributed by atoms with Crippen LogP contribution < -0.4 is 5.32 Å². The number of nitrogens with zero attached hydrogens (tertiary/aromatic N) is 1. The van der Waals surface area contributed by atoms with Gasteiger partial charge in [-0.1, -0.05) is 23.7 Å². The SMILES string of the molecule is CN(C)Cc1ccc(NC2CCCc3sc(Cl)cc32)cc1. The van der Waals surface area contributed by atoms with Gasteiger partial charge in [0.15, 0.2) is 0 Å². The zero-order chi connectivity index (χ0) is 14.8. The molecule has 112 valence electrons. The maximum Gasteiger partial charge on any atom is 0.0934 e. The normalized spacial score (nSPS) is 17.8. The van der Waals surface area contributed by atoms with Gasteiger partial charge in [0.2, 0.25) is 0 Å². The number of benzene rings is 1. The van der Waals surface area contributed by atoms with Gasteiger partial charge in [-0.15, -0.1) is 11.3 Å². The van der Waals surface area contributed by atoms with E-state index >= 15 is 0 Å². The van der Waals surface area contributed by atoms with Gasteiger partial charge in [-0.3, -0.25) is 0 Å². The predicted molar refractivity (Wildman–Crippen MR) is 92.5 cm³/mol. The lowest BCUT2D eigenvalue weighted by molar-refractivity contribution is 0.402. The summed E-state index contributed by atoms with van der Waals surface area (Å²) in [5, 5.41) is 3.67. The minimum Gasteiger partial charge on any atom is -0.378 e. The Hall–Kier alpha value is -1.03. The third-order valence-corrected chi connectivity index (χ3v) is 5.22. The minimum absolute atomic E-state index is 0.400. The van der Waals surface area contributed by atoms with Crippen LogP contribution in [0.5, 0.6) is 0 Å². The van der Waals surface area contributed by atoms with Gasteiger partial charge in [-0.05, 0) is 62.7 Å². The van der Waals surface area contributed by atoms with Crippen LogP contribution in [0.3, 0.4) is 0 Å². The monoisotopic (exact) mass is 320 g/mol. The summed E-state index contributed by atoms with van der Waals surface area (Å²) in [6, 6.07) is 11.3. The highest BCUT2D eigenvalue weighted by atomic mass is 35.5. The Morgan fingerprint density at radius 2 is 2.05 bits per heavy atom. The summed E-state index contributed by atoms with van der Waals surface area (Å²) in [5.41, 5.74) is 3.93. The number of nitrogens with one attached hydrogen (secondary N) is 1. The standard InChI is InChI=1S/C17H21ClN2S/c1-20(2)11-12-6-8-13(9-7-12)19-15-4-3-5-16-14(15)10-17(18)21-16/h6-10,15,19H,3-5,11H2,1-2H3. The Morgan fingerprint density at radius 3 is 2.76 bits per heavy atom. The van der Waals surface area contributed by atoms with Crippen LogP contribution >= 0.6 is 22.9 Å². The number of rotatable bonds is 4. The summed E-state index contributed by atoms with van der Waals surface area (Å²) in [5.74, 6) is 0. The smallest absolute Gasteiger partial charge is 0.0934 e. The van der Waals surface area contributed by atoms with E-state index in [1.54, 1.807) is 11.3 Å². The fraction of sp³-hybridized carbons (Fsp3) is 0.412. The van der Waals surface area contributed by atoms with E-state index in [1.165, 1.54) is 41.0 Å². The van der Waals surface area contributed by atoms with Crippen molar-refractivity contribution in [2.75, 3.05) is 19.4 Å². The number of hydrogen-bond donors (Lipinski definition) is 1. The first-order valence-corrected chi connectivity index (χ1v) is 8.59. The second-order valence-electron chi connectivity index (χ2n) is 5.95. The molecule has 1 aliphatic carbocycles. The molecule has 1 aromatic heterocycles. The molecule has 0 amide bonds. The average Bonchev–Trinajstić information content (AvgIpc) is 2.82. The Morgan fingerprint density at radius 1 is 1.29 bits per heavy atom. The lowest BCUT2D eigenvalue weighted by atomic mass is 9.94. The van der Waals surface area contributed by atoms with Crippen molar-refractivity contribution in [1.29, 1.82) is 0 Å². The van der Waals surface area contributed by atoms with Crippen LogP contribution in [0.15, 0.2) is 30.3 Å². The topological polar surface area (TPSA) is 15.3 Å². The first kappa shape index (κ1) is 14.9. The molecule has 1 atom stereocenters. The average molecular weight is 321 g/mol. The van der Waals surface area contributed by atoms with E-state index in [2.05, 4.69) is 54.6 Å². The lowest BCUT2D eigenvalue weighted by Crippen LogP contribution is -2.15. The number of halogens is 1. The van der Waals surface area contributed by atoms with Gasteiger partial charge in [0.25, 0.3) is 0 Å². The van der Waals surface area contributed by atoms with Crippen LogP contribution in [0, 0.1) is 0 Å². The fourth-order valence-corrected chi connectivity index (χ4v) is 4.33. The Balaban J connectivity index is 1.72. The highest BCUT2D eigenvalue weighted by molar-refractivity contribution is 7.16. The molecule has 0 saturated carbocycles. The third-order valence-electron chi connectivity index (χ3n) is 3.88. The molecule has 0 fully saturated rings. The van der Waals surface area contributed by atoms with Gasteiger partial charge in [0.1, 0.15) is 0 Å². The van der Waals surface area contributed by atoms with E-state index in [-0.39, 0.29) is 0 Å². The Bertz CT molecular complexity index is 604. The van der Waals surface area contributed by atoms with Crippen molar-refractivity contribution in [1.82, 2.24) is 4.90 Å². The van der Waals surface area contributed by atoms with Gasteiger partial charge < -0.3 is 10.2 Å². The predicted octanol–water partition coefficient (Wildman–Crippen LogP) is 4.95. The number of thiophene rings is 1. The van der Waals surface area contributed by atoms with E-state index in [4.69, 9.17) is 11.6 Å². The fourth-order valence-electron chi connectivity index (χ4n) is 2.94. The van der Waals surface area contributed by atoms with E-state index in [0.29, 0.717) is 6.04 Å². The van der Waals surface area contributed by atoms with E-state index in [9.17, 15) is 0 Å². The highest BCUT2D eigenvalue weighted by Crippen LogP contribution is 2.39. The maximum atomic E-state index is 6.17. The van der Waals surface area contributed by atoms with E-state index in [0.717, 1.165) is 10.9 Å². The zero-order valence-electron chi connectivity index (χ0n) is 12.5. The second-order valence-corrected chi connectivity index (χ2v) is 7.72. The van der Waals surface area contributed by atoms with Crippen molar-refractivity contribution < 1.29 is 0 Å². The summed E-state index contributed by atoms with van der Waals surface area (Å²) < 4.78 is 0.912. The first-order chi connectivity index (χ1) is 10.1. The summed E-state index contributed by atoms with van der Waals surface area (Å²) >= 11 is 7.91. The molecule has 3 rings (SSSR count). The molecule has 1 N–H and O–H groups in total. The molecule has 1 unspecified atom stereocenters. The van der Waals surface area contributed by atoms with Gasteiger partial charge >= 0.3 is 0 Å². The molecule has 21 heavy (non-hydrogen) atoms. The maximum absolute atomic E-state index is 6.17. The molecule has 0 bridgehead atoms. The molecular weight excluding hydrogens is 300 g/mol. The van der Waals surface area contributed by atoms with Crippen molar-refractivity contribution in [3.05, 3.63) is 50.7 Å². The first-order valence-electron chi connectivity index (χ1n) is 7.40. The Kier molecular flexibility index (Phi) is 4.53. The molecule has 2 nitrogen and oxygen atoms in total. The molecule has 1 aliphatic rings. The van der Waals surface area contributed by atoms with E-state index < -0.39 is 0 Å². The molecule has 2 aromatic rings. The molecule has 0 saturated heterocycles. The largest absolute Gasteiger partial charge is 0.378 e. The van der Waals surface area contributed by atoms with Gasteiger partial charge in [-0.25, -0.2) is 0 Å². The number of anilines is 1. The van der Waals surface area contributed by atoms with Crippen LogP contribution in [0.4, 0.5) is 5.69 Å². The molecule has 0 spiro atoms. The van der Waals surface area contributed by atoms with Gasteiger partial charge in [0.05, 0.1) is 10.4 Å². The Labute approximate surface area is 135 Å². The van der Waals surface area contributed by atoms with Crippen LogP contribution in [0.1, 0.15) is 34.9 Å². The molecule has 1 heterocycles. The summed E-state index contributed by atoms with van der Waals surface area (Å²) in [6.07, 6.45) is 3.59. The number of aryl methyl sites for hydroxylation is 1. The number of hydrogen-bond acceptors (Lipinski definition) is 3. The minimum atomic E-state index is 0.400. The second kappa shape index (κ2) is 6.39. The van der Waals surface area contributed by atoms with Crippen molar-refractivity contribution in [3.8, 4) is 0 Å².